The summed E-state index contributed by atoms with van der Waals surface area (Å²) >= 11 is 0. The predicted octanol–water partition coefficient (Wildman–Crippen LogP) is 4.51. The van der Waals surface area contributed by atoms with E-state index in [0.29, 0.717) is 17.7 Å². The molecule has 3 aromatic rings. The minimum atomic E-state index is 0.380. The van der Waals surface area contributed by atoms with Gasteiger partial charge >= 0.3 is 0 Å². The quantitative estimate of drug-likeness (QED) is 0.685. The summed E-state index contributed by atoms with van der Waals surface area (Å²) in [6.07, 6.45) is 4.94. The number of aromatic nitrogens is 3. The summed E-state index contributed by atoms with van der Waals surface area (Å²) in [6.45, 7) is 3.91. The number of aryl methyl sites for hydroxylation is 3. The van der Waals surface area contributed by atoms with Crippen molar-refractivity contribution >= 4 is 0 Å². The van der Waals surface area contributed by atoms with E-state index in [-0.39, 0.29) is 0 Å². The fourth-order valence-corrected chi connectivity index (χ4v) is 3.86. The Bertz CT molecular complexity index is 818. The molecule has 2 aromatic heterocycles. The Labute approximate surface area is 147 Å². The number of hydrogen-bond donors (Lipinski definition) is 0. The van der Waals surface area contributed by atoms with Crippen molar-refractivity contribution in [2.45, 2.75) is 57.8 Å². The molecule has 1 aliphatic rings. The highest BCUT2D eigenvalue weighted by molar-refractivity contribution is 5.22. The Hall–Kier alpha value is -2.43. The molecule has 2 heterocycles. The number of benzene rings is 1. The van der Waals surface area contributed by atoms with E-state index in [4.69, 9.17) is 8.94 Å². The summed E-state index contributed by atoms with van der Waals surface area (Å²) < 4.78 is 11.2. The van der Waals surface area contributed by atoms with Gasteiger partial charge in [-0.2, -0.15) is 0 Å². The normalized spacial score (nSPS) is 20.2. The predicted molar refractivity (Wildman–Crippen MR) is 93.5 cm³/mol. The molecule has 0 radical (unpaired) electrons. The third kappa shape index (κ3) is 3.36. The smallest absolute Gasteiger partial charge is 0.219 e. The van der Waals surface area contributed by atoms with Crippen LogP contribution in [0.4, 0.5) is 0 Å². The van der Waals surface area contributed by atoms with Crippen molar-refractivity contribution in [3.05, 3.63) is 64.7 Å². The van der Waals surface area contributed by atoms with Gasteiger partial charge in [0.25, 0.3) is 0 Å². The van der Waals surface area contributed by atoms with Crippen molar-refractivity contribution < 1.29 is 8.94 Å². The second kappa shape index (κ2) is 6.82. The molecule has 5 nitrogen and oxygen atoms in total. The Morgan fingerprint density at radius 3 is 2.56 bits per heavy atom. The van der Waals surface area contributed by atoms with Crippen molar-refractivity contribution in [1.29, 1.82) is 0 Å². The highest BCUT2D eigenvalue weighted by Gasteiger charge is 2.30. The Morgan fingerprint density at radius 2 is 1.80 bits per heavy atom. The first-order valence-electron chi connectivity index (χ1n) is 8.99. The maximum absolute atomic E-state index is 5.96. The summed E-state index contributed by atoms with van der Waals surface area (Å²) in [6, 6.07) is 10.7. The van der Waals surface area contributed by atoms with E-state index in [9.17, 15) is 0 Å². The topological polar surface area (TPSA) is 65.0 Å². The fourth-order valence-electron chi connectivity index (χ4n) is 3.86. The van der Waals surface area contributed by atoms with Crippen molar-refractivity contribution in [3.8, 4) is 0 Å². The third-order valence-corrected chi connectivity index (χ3v) is 5.31. The molecule has 0 aliphatic heterocycles. The van der Waals surface area contributed by atoms with Crippen LogP contribution in [0, 0.1) is 13.8 Å². The number of hydrogen-bond acceptors (Lipinski definition) is 5. The van der Waals surface area contributed by atoms with Crippen LogP contribution in [0.2, 0.25) is 0 Å². The average Bonchev–Trinajstić information content (AvgIpc) is 3.35. The Kier molecular flexibility index (Phi) is 4.38. The molecule has 1 aliphatic carbocycles. The van der Waals surface area contributed by atoms with Gasteiger partial charge in [0.1, 0.15) is 5.76 Å². The van der Waals surface area contributed by atoms with Gasteiger partial charge in [-0.25, -0.2) is 0 Å². The summed E-state index contributed by atoms with van der Waals surface area (Å²) in [4.78, 5) is 0. The van der Waals surface area contributed by atoms with Crippen LogP contribution in [0.5, 0.6) is 0 Å². The lowest BCUT2D eigenvalue weighted by Crippen LogP contribution is -1.95. The van der Waals surface area contributed by atoms with Crippen LogP contribution in [0.3, 0.4) is 0 Å². The molecular weight excluding hydrogens is 314 g/mol. The molecule has 5 heteroatoms. The summed E-state index contributed by atoms with van der Waals surface area (Å²) in [7, 11) is 0. The largest absolute Gasteiger partial charge is 0.425 e. The van der Waals surface area contributed by atoms with Crippen molar-refractivity contribution in [1.82, 2.24) is 15.4 Å². The monoisotopic (exact) mass is 337 g/mol. The van der Waals surface area contributed by atoms with Crippen LogP contribution in [0.15, 0.2) is 39.3 Å². The highest BCUT2D eigenvalue weighted by Crippen LogP contribution is 2.43. The van der Waals surface area contributed by atoms with E-state index in [1.54, 1.807) is 0 Å². The molecule has 1 saturated carbocycles. The second-order valence-electron chi connectivity index (χ2n) is 6.95. The second-order valence-corrected chi connectivity index (χ2v) is 6.95. The van der Waals surface area contributed by atoms with Gasteiger partial charge in [-0.3, -0.25) is 0 Å². The molecule has 0 N–H and O–H groups in total. The number of nitrogens with zero attached hydrogens (tertiary/aromatic N) is 3. The van der Waals surface area contributed by atoms with Crippen LogP contribution in [0.1, 0.15) is 65.5 Å². The fraction of sp³-hybridized carbons (Fsp3) is 0.450. The first kappa shape index (κ1) is 16.1. The molecule has 2 atom stereocenters. The zero-order valence-corrected chi connectivity index (χ0v) is 14.7. The molecule has 0 spiro atoms. The third-order valence-electron chi connectivity index (χ3n) is 5.31. The van der Waals surface area contributed by atoms with Gasteiger partial charge in [-0.1, -0.05) is 35.5 Å². The Balaban J connectivity index is 1.39. The van der Waals surface area contributed by atoms with Gasteiger partial charge in [0, 0.05) is 17.9 Å². The standard InChI is InChI=1S/C20H23N3O2/c1-13-18(14(2)25-23-13)10-11-19-21-22-20(24-19)17-9-8-16(12-17)15-6-4-3-5-7-15/h3-7,16-17H,8-12H2,1-2H3/t16-,17-/m1/s1. The molecule has 0 bridgehead atoms. The first-order valence-corrected chi connectivity index (χ1v) is 8.99. The minimum Gasteiger partial charge on any atom is -0.425 e. The summed E-state index contributed by atoms with van der Waals surface area (Å²) in [5.41, 5.74) is 3.51. The van der Waals surface area contributed by atoms with Crippen molar-refractivity contribution in [2.24, 2.45) is 0 Å². The van der Waals surface area contributed by atoms with Crippen LogP contribution in [0.25, 0.3) is 0 Å². The zero-order valence-electron chi connectivity index (χ0n) is 14.7. The van der Waals surface area contributed by atoms with E-state index in [1.807, 2.05) is 13.8 Å². The zero-order chi connectivity index (χ0) is 17.2. The van der Waals surface area contributed by atoms with Gasteiger partial charge < -0.3 is 8.94 Å². The molecule has 0 amide bonds. The van der Waals surface area contributed by atoms with E-state index < -0.39 is 0 Å². The molecule has 1 fully saturated rings. The van der Waals surface area contributed by atoms with Gasteiger partial charge in [0.05, 0.1) is 5.69 Å². The van der Waals surface area contributed by atoms with E-state index in [0.717, 1.165) is 48.6 Å². The van der Waals surface area contributed by atoms with Crippen LogP contribution in [-0.4, -0.2) is 15.4 Å². The highest BCUT2D eigenvalue weighted by atomic mass is 16.5. The molecule has 25 heavy (non-hydrogen) atoms. The lowest BCUT2D eigenvalue weighted by atomic mass is 9.96. The molecule has 0 unspecified atom stereocenters. The van der Waals surface area contributed by atoms with Gasteiger partial charge in [0.15, 0.2) is 0 Å². The molecule has 130 valence electrons. The van der Waals surface area contributed by atoms with Gasteiger partial charge in [-0.05, 0) is 51.0 Å². The average molecular weight is 337 g/mol. The molecule has 0 saturated heterocycles. The maximum atomic E-state index is 5.96. The van der Waals surface area contributed by atoms with E-state index in [2.05, 4.69) is 45.7 Å². The Morgan fingerprint density at radius 1 is 1.00 bits per heavy atom. The van der Waals surface area contributed by atoms with Crippen molar-refractivity contribution in [3.63, 3.8) is 0 Å². The van der Waals surface area contributed by atoms with Crippen molar-refractivity contribution in [2.75, 3.05) is 0 Å². The van der Waals surface area contributed by atoms with Crippen LogP contribution in [-0.2, 0) is 12.8 Å². The van der Waals surface area contributed by atoms with Crippen LogP contribution < -0.4 is 0 Å². The van der Waals surface area contributed by atoms with Crippen LogP contribution >= 0.6 is 0 Å². The summed E-state index contributed by atoms with van der Waals surface area (Å²) in [5, 5.41) is 12.6. The molecule has 1 aromatic carbocycles. The molecule has 4 rings (SSSR count). The minimum absolute atomic E-state index is 0.380. The SMILES string of the molecule is Cc1noc(C)c1CCc1nnc([C@@H]2CC[C@@H](c3ccccc3)C2)o1. The van der Waals surface area contributed by atoms with Gasteiger partial charge in [0.2, 0.25) is 11.8 Å². The first-order chi connectivity index (χ1) is 12.2. The van der Waals surface area contributed by atoms with Gasteiger partial charge in [-0.15, -0.1) is 10.2 Å². The lowest BCUT2D eigenvalue weighted by molar-refractivity contribution is 0.391. The van der Waals surface area contributed by atoms with E-state index >= 15 is 0 Å². The maximum Gasteiger partial charge on any atom is 0.219 e. The summed E-state index contributed by atoms with van der Waals surface area (Å²) in [5.74, 6) is 3.36. The molecular formula is C20H23N3O2. The van der Waals surface area contributed by atoms with E-state index in [1.165, 1.54) is 12.0 Å². The number of rotatable bonds is 5. The lowest BCUT2D eigenvalue weighted by Gasteiger charge is -2.09.